The van der Waals surface area contributed by atoms with Crippen LogP contribution < -0.4 is 10.6 Å². The highest BCUT2D eigenvalue weighted by atomic mass is 16.2. The first-order valence-corrected chi connectivity index (χ1v) is 12.6. The topological polar surface area (TPSA) is 93.8 Å². The van der Waals surface area contributed by atoms with Crippen molar-refractivity contribution < 1.29 is 9.59 Å². The Hall–Kier alpha value is -4.20. The predicted molar refractivity (Wildman–Crippen MR) is 145 cm³/mol. The van der Waals surface area contributed by atoms with Crippen LogP contribution in [0.5, 0.6) is 0 Å². The standard InChI is InChI=1S/C29H34N6O2/c1-21(16-29(37)31-27-18-23(3)33-35(27)20-25-12-8-5-9-13-25)14-15-28(36)30-26-17-22(2)32-34(26)19-24-10-6-4-7-11-24/h4-13,17-18,21H,14-16,19-20H2,1-3H3,(H,30,36)(H,31,37). The van der Waals surface area contributed by atoms with E-state index < -0.39 is 0 Å². The monoisotopic (exact) mass is 498 g/mol. The minimum atomic E-state index is -0.0852. The van der Waals surface area contributed by atoms with Gasteiger partial charge >= 0.3 is 0 Å². The third kappa shape index (κ3) is 7.64. The van der Waals surface area contributed by atoms with E-state index in [1.165, 1.54) is 0 Å². The van der Waals surface area contributed by atoms with Gasteiger partial charge in [0.15, 0.2) is 0 Å². The number of nitrogens with one attached hydrogen (secondary N) is 2. The zero-order valence-corrected chi connectivity index (χ0v) is 21.6. The molecule has 2 aromatic carbocycles. The molecule has 4 rings (SSSR count). The molecular formula is C29H34N6O2. The van der Waals surface area contributed by atoms with Crippen molar-refractivity contribution in [3.63, 3.8) is 0 Å². The van der Waals surface area contributed by atoms with Gasteiger partial charge in [-0.05, 0) is 37.3 Å². The largest absolute Gasteiger partial charge is 0.311 e. The molecule has 4 aromatic rings. The van der Waals surface area contributed by atoms with Crippen molar-refractivity contribution in [2.45, 2.75) is 53.1 Å². The van der Waals surface area contributed by atoms with Gasteiger partial charge in [-0.3, -0.25) is 9.59 Å². The number of hydrogen-bond donors (Lipinski definition) is 2. The van der Waals surface area contributed by atoms with Crippen LogP contribution in [0.1, 0.15) is 48.7 Å². The van der Waals surface area contributed by atoms with Gasteiger partial charge in [0.2, 0.25) is 11.8 Å². The number of carbonyl (C=O) groups excluding carboxylic acids is 2. The number of anilines is 2. The normalized spacial score (nSPS) is 11.8. The zero-order chi connectivity index (χ0) is 26.2. The third-order valence-corrected chi connectivity index (χ3v) is 6.09. The molecule has 0 fully saturated rings. The molecule has 0 saturated heterocycles. The van der Waals surface area contributed by atoms with Crippen LogP contribution in [-0.4, -0.2) is 31.4 Å². The number of amides is 2. The highest BCUT2D eigenvalue weighted by Gasteiger charge is 2.16. The van der Waals surface area contributed by atoms with Crippen molar-refractivity contribution in [2.75, 3.05) is 10.6 Å². The maximum atomic E-state index is 12.7. The summed E-state index contributed by atoms with van der Waals surface area (Å²) in [5.41, 5.74) is 3.91. The molecule has 0 spiro atoms. The summed E-state index contributed by atoms with van der Waals surface area (Å²) < 4.78 is 3.61. The Morgan fingerprint density at radius 1 is 0.757 bits per heavy atom. The Labute approximate surface area is 217 Å². The Kier molecular flexibility index (Phi) is 8.51. The molecule has 2 N–H and O–H groups in total. The van der Waals surface area contributed by atoms with E-state index in [0.717, 1.165) is 22.5 Å². The summed E-state index contributed by atoms with van der Waals surface area (Å²) in [5.74, 6) is 1.24. The number of aromatic nitrogens is 4. The molecule has 2 aromatic heterocycles. The quantitative estimate of drug-likeness (QED) is 0.298. The summed E-state index contributed by atoms with van der Waals surface area (Å²) in [4.78, 5) is 25.4. The summed E-state index contributed by atoms with van der Waals surface area (Å²) in [7, 11) is 0. The lowest BCUT2D eigenvalue weighted by Crippen LogP contribution is -2.20. The molecule has 192 valence electrons. The van der Waals surface area contributed by atoms with E-state index in [2.05, 4.69) is 20.8 Å². The molecule has 8 heteroatoms. The van der Waals surface area contributed by atoms with Crippen LogP contribution in [-0.2, 0) is 22.7 Å². The van der Waals surface area contributed by atoms with Crippen molar-refractivity contribution in [2.24, 2.45) is 5.92 Å². The second-order valence-corrected chi connectivity index (χ2v) is 9.57. The number of carbonyl (C=O) groups is 2. The van der Waals surface area contributed by atoms with Gasteiger partial charge < -0.3 is 10.6 Å². The first kappa shape index (κ1) is 25.9. The minimum absolute atomic E-state index is 0.0494. The van der Waals surface area contributed by atoms with Crippen molar-refractivity contribution >= 4 is 23.5 Å². The Morgan fingerprint density at radius 3 is 1.70 bits per heavy atom. The molecule has 0 aliphatic heterocycles. The lowest BCUT2D eigenvalue weighted by molar-refractivity contribution is -0.118. The zero-order valence-electron chi connectivity index (χ0n) is 21.6. The van der Waals surface area contributed by atoms with Crippen molar-refractivity contribution in [1.29, 1.82) is 0 Å². The molecule has 1 atom stereocenters. The van der Waals surface area contributed by atoms with E-state index in [1.807, 2.05) is 93.6 Å². The lowest BCUT2D eigenvalue weighted by Gasteiger charge is -2.13. The van der Waals surface area contributed by atoms with Crippen molar-refractivity contribution in [1.82, 2.24) is 19.6 Å². The molecule has 8 nitrogen and oxygen atoms in total. The van der Waals surface area contributed by atoms with Gasteiger partial charge in [-0.15, -0.1) is 0 Å². The van der Waals surface area contributed by atoms with Crippen LogP contribution in [0, 0.1) is 19.8 Å². The summed E-state index contributed by atoms with van der Waals surface area (Å²) in [6.45, 7) is 6.97. The third-order valence-electron chi connectivity index (χ3n) is 6.09. The summed E-state index contributed by atoms with van der Waals surface area (Å²) in [6.07, 6.45) is 1.26. The first-order chi connectivity index (χ1) is 17.9. The van der Waals surface area contributed by atoms with Gasteiger partial charge in [0.25, 0.3) is 0 Å². The van der Waals surface area contributed by atoms with E-state index in [0.29, 0.717) is 44.0 Å². The van der Waals surface area contributed by atoms with Gasteiger partial charge in [-0.1, -0.05) is 67.6 Å². The summed E-state index contributed by atoms with van der Waals surface area (Å²) in [6, 6.07) is 23.8. The number of nitrogens with zero attached hydrogens (tertiary/aromatic N) is 4. The van der Waals surface area contributed by atoms with Crippen LogP contribution in [0.3, 0.4) is 0 Å². The molecule has 0 saturated carbocycles. The van der Waals surface area contributed by atoms with Gasteiger partial charge in [-0.25, -0.2) is 9.36 Å². The van der Waals surface area contributed by atoms with Crippen molar-refractivity contribution in [3.05, 3.63) is 95.3 Å². The molecule has 0 radical (unpaired) electrons. The average Bonchev–Trinajstić information content (AvgIpc) is 3.38. The SMILES string of the molecule is Cc1cc(NC(=O)CCC(C)CC(=O)Nc2cc(C)nn2Cc2ccccc2)n(Cc2ccccc2)n1. The number of benzene rings is 2. The molecule has 2 heterocycles. The molecule has 0 aliphatic rings. The molecule has 0 bridgehead atoms. The average molecular weight is 499 g/mol. The fraction of sp³-hybridized carbons (Fsp3) is 0.310. The van der Waals surface area contributed by atoms with Gasteiger partial charge in [0.05, 0.1) is 24.5 Å². The van der Waals surface area contributed by atoms with Gasteiger partial charge in [-0.2, -0.15) is 10.2 Å². The summed E-state index contributed by atoms with van der Waals surface area (Å²) >= 11 is 0. The lowest BCUT2D eigenvalue weighted by atomic mass is 10.0. The molecule has 0 aliphatic carbocycles. The number of rotatable bonds is 11. The maximum Gasteiger partial charge on any atom is 0.225 e. The fourth-order valence-corrected chi connectivity index (χ4v) is 4.24. The van der Waals surface area contributed by atoms with Crippen molar-refractivity contribution in [3.8, 4) is 0 Å². The second-order valence-electron chi connectivity index (χ2n) is 9.57. The Morgan fingerprint density at radius 2 is 1.22 bits per heavy atom. The number of hydrogen-bond acceptors (Lipinski definition) is 4. The minimum Gasteiger partial charge on any atom is -0.311 e. The van der Waals surface area contributed by atoms with Crippen LogP contribution in [0.15, 0.2) is 72.8 Å². The Bertz CT molecular complexity index is 1330. The predicted octanol–water partition coefficient (Wildman–Crippen LogP) is 5.18. The molecular weight excluding hydrogens is 464 g/mol. The summed E-state index contributed by atoms with van der Waals surface area (Å²) in [5, 5.41) is 15.0. The molecule has 2 amide bonds. The highest BCUT2D eigenvalue weighted by molar-refractivity contribution is 5.91. The van der Waals surface area contributed by atoms with Gasteiger partial charge in [0, 0.05) is 25.0 Å². The van der Waals surface area contributed by atoms with Crippen LogP contribution in [0.4, 0.5) is 11.6 Å². The van der Waals surface area contributed by atoms with E-state index >= 15 is 0 Å². The maximum absolute atomic E-state index is 12.7. The van der Waals surface area contributed by atoms with Crippen LogP contribution >= 0.6 is 0 Å². The first-order valence-electron chi connectivity index (χ1n) is 12.6. The van der Waals surface area contributed by atoms with Gasteiger partial charge in [0.1, 0.15) is 11.6 Å². The Balaban J connectivity index is 1.26. The van der Waals surface area contributed by atoms with Crippen LogP contribution in [0.2, 0.25) is 0 Å². The highest BCUT2D eigenvalue weighted by Crippen LogP contribution is 2.18. The smallest absolute Gasteiger partial charge is 0.225 e. The molecule has 37 heavy (non-hydrogen) atoms. The molecule has 1 unspecified atom stereocenters. The van der Waals surface area contributed by atoms with E-state index in [-0.39, 0.29) is 17.7 Å². The van der Waals surface area contributed by atoms with E-state index in [1.54, 1.807) is 9.36 Å². The van der Waals surface area contributed by atoms with E-state index in [4.69, 9.17) is 0 Å². The fourth-order valence-electron chi connectivity index (χ4n) is 4.24. The van der Waals surface area contributed by atoms with Crippen LogP contribution in [0.25, 0.3) is 0 Å². The van der Waals surface area contributed by atoms with E-state index in [9.17, 15) is 9.59 Å². The number of aryl methyl sites for hydroxylation is 2. The second kappa shape index (κ2) is 12.2.